The number of benzene rings is 1. The van der Waals surface area contributed by atoms with E-state index >= 15 is 0 Å². The van der Waals surface area contributed by atoms with Crippen molar-refractivity contribution in [3.05, 3.63) is 35.4 Å². The molecule has 0 unspecified atom stereocenters. The number of halogens is 3. The zero-order valence-electron chi connectivity index (χ0n) is 6.15. The summed E-state index contributed by atoms with van der Waals surface area (Å²) in [5.41, 5.74) is -0.0808. The third-order valence-corrected chi connectivity index (χ3v) is 1.49. The zero-order valence-corrected chi connectivity index (χ0v) is 6.15. The minimum atomic E-state index is -4.28. The maximum atomic E-state index is 12.0. The van der Waals surface area contributed by atoms with Crippen LogP contribution in [-0.4, -0.2) is 5.11 Å². The lowest BCUT2D eigenvalue weighted by Gasteiger charge is -2.05. The zero-order chi connectivity index (χ0) is 9.19. The molecule has 0 aliphatic heterocycles. The molecule has 4 heteroatoms. The Hall–Kier alpha value is -1.03. The second-order valence-electron chi connectivity index (χ2n) is 2.37. The van der Waals surface area contributed by atoms with Crippen LogP contribution < -0.4 is 0 Å². The molecule has 0 bridgehead atoms. The van der Waals surface area contributed by atoms with Crippen molar-refractivity contribution in [2.45, 2.75) is 12.8 Å². The fourth-order valence-electron chi connectivity index (χ4n) is 0.812. The summed E-state index contributed by atoms with van der Waals surface area (Å²) in [6.45, 7) is 0.0120. The van der Waals surface area contributed by atoms with Gasteiger partial charge >= 0.3 is 6.18 Å². The number of rotatable bonds is 1. The molecule has 0 saturated carbocycles. The topological polar surface area (TPSA) is 22.9 Å². The number of hydrogen-bond donors (Lipinski definition) is 0. The van der Waals surface area contributed by atoms with Crippen LogP contribution >= 0.6 is 0 Å². The van der Waals surface area contributed by atoms with Crippen molar-refractivity contribution in [1.29, 1.82) is 0 Å². The van der Waals surface area contributed by atoms with Crippen molar-refractivity contribution in [1.82, 2.24) is 0 Å². The largest absolute Gasteiger partial charge is 0.442 e. The number of hydrogen-bond acceptors (Lipinski definition) is 0. The first-order valence-electron chi connectivity index (χ1n) is 3.35. The van der Waals surface area contributed by atoms with E-state index in [0.29, 0.717) is 5.56 Å². The summed E-state index contributed by atoms with van der Waals surface area (Å²) in [5, 5.41) is 6.89. The van der Waals surface area contributed by atoms with E-state index in [4.69, 9.17) is 5.11 Å². The van der Waals surface area contributed by atoms with Crippen LogP contribution in [0.25, 0.3) is 0 Å². The van der Waals surface area contributed by atoms with Gasteiger partial charge in [-0.1, -0.05) is 12.1 Å². The van der Waals surface area contributed by atoms with Crippen molar-refractivity contribution in [3.63, 3.8) is 0 Å². The van der Waals surface area contributed by atoms with Crippen LogP contribution in [0.1, 0.15) is 11.1 Å². The summed E-state index contributed by atoms with van der Waals surface area (Å²) in [4.78, 5) is 0. The fourth-order valence-corrected chi connectivity index (χ4v) is 0.812. The second-order valence-corrected chi connectivity index (χ2v) is 2.37. The molecule has 0 radical (unpaired) electrons. The van der Waals surface area contributed by atoms with E-state index in [1.54, 1.807) is 0 Å². The molecule has 0 atom stereocenters. The summed E-state index contributed by atoms with van der Waals surface area (Å²) >= 11 is 0. The molecule has 66 valence electrons. The maximum absolute atomic E-state index is 12.0. The minimum absolute atomic E-state index is 0.0120. The molecule has 0 aromatic heterocycles. The Kier molecular flexibility index (Phi) is 2.38. The van der Waals surface area contributed by atoms with E-state index in [-0.39, 0.29) is 6.61 Å². The summed E-state index contributed by atoms with van der Waals surface area (Å²) in [7, 11) is 0. The highest BCUT2D eigenvalue weighted by Crippen LogP contribution is 2.28. The van der Waals surface area contributed by atoms with Gasteiger partial charge in [0.2, 0.25) is 0 Å². The monoisotopic (exact) mass is 177 g/mol. The molecular formula is C8H8F3O+. The van der Waals surface area contributed by atoms with Crippen LogP contribution in [0.5, 0.6) is 0 Å². The Bertz CT molecular complexity index is 250. The normalized spacial score (nSPS) is 11.7. The van der Waals surface area contributed by atoms with E-state index in [0.717, 1.165) is 12.1 Å². The smallest absolute Gasteiger partial charge is 0.416 e. The first-order valence-corrected chi connectivity index (χ1v) is 3.35. The molecule has 0 amide bonds. The maximum Gasteiger partial charge on any atom is 0.416 e. The minimum Gasteiger partial charge on any atom is -0.442 e. The SMILES string of the molecule is [OH2+]Cc1ccc(C(F)(F)F)cc1. The molecule has 0 aliphatic rings. The lowest BCUT2D eigenvalue weighted by molar-refractivity contribution is -0.137. The molecule has 2 N–H and O–H groups in total. The Labute approximate surface area is 67.5 Å². The van der Waals surface area contributed by atoms with Crippen molar-refractivity contribution in [2.24, 2.45) is 0 Å². The van der Waals surface area contributed by atoms with Gasteiger partial charge in [0, 0.05) is 5.56 Å². The van der Waals surface area contributed by atoms with Crippen molar-refractivity contribution in [2.75, 3.05) is 0 Å². The average molecular weight is 177 g/mol. The van der Waals surface area contributed by atoms with Crippen LogP contribution in [0, 0.1) is 0 Å². The van der Waals surface area contributed by atoms with Gasteiger partial charge in [-0.15, -0.1) is 0 Å². The van der Waals surface area contributed by atoms with Gasteiger partial charge in [0.05, 0.1) is 5.56 Å². The molecule has 0 heterocycles. The molecule has 0 aliphatic carbocycles. The summed E-state index contributed by atoms with van der Waals surface area (Å²) in [5.74, 6) is 0. The lowest BCUT2D eigenvalue weighted by Crippen LogP contribution is -2.04. The highest BCUT2D eigenvalue weighted by atomic mass is 19.4. The number of alkyl halides is 3. The first-order chi connectivity index (χ1) is 5.54. The van der Waals surface area contributed by atoms with Crippen LogP contribution in [0.15, 0.2) is 24.3 Å². The summed E-state index contributed by atoms with van der Waals surface area (Å²) < 4.78 is 35.9. The van der Waals surface area contributed by atoms with Crippen LogP contribution in [-0.2, 0) is 12.8 Å². The van der Waals surface area contributed by atoms with Crippen LogP contribution in [0.2, 0.25) is 0 Å². The first kappa shape index (κ1) is 9.06. The highest BCUT2D eigenvalue weighted by Gasteiger charge is 2.29. The Morgan fingerprint density at radius 1 is 1.08 bits per heavy atom. The Morgan fingerprint density at radius 2 is 1.58 bits per heavy atom. The van der Waals surface area contributed by atoms with Crippen molar-refractivity contribution in [3.8, 4) is 0 Å². The van der Waals surface area contributed by atoms with E-state index < -0.39 is 11.7 Å². The summed E-state index contributed by atoms with van der Waals surface area (Å²) in [6, 6.07) is 4.61. The van der Waals surface area contributed by atoms with Gasteiger partial charge in [0.1, 0.15) is 0 Å². The predicted octanol–water partition coefficient (Wildman–Crippen LogP) is 1.93. The fraction of sp³-hybridized carbons (Fsp3) is 0.250. The molecule has 1 rings (SSSR count). The van der Waals surface area contributed by atoms with Crippen molar-refractivity contribution < 1.29 is 18.3 Å². The Morgan fingerprint density at radius 3 is 1.92 bits per heavy atom. The van der Waals surface area contributed by atoms with Crippen LogP contribution in [0.4, 0.5) is 13.2 Å². The third-order valence-electron chi connectivity index (χ3n) is 1.49. The van der Waals surface area contributed by atoms with Crippen LogP contribution in [0.3, 0.4) is 0 Å². The molecule has 12 heavy (non-hydrogen) atoms. The highest BCUT2D eigenvalue weighted by molar-refractivity contribution is 5.23. The van der Waals surface area contributed by atoms with E-state index in [9.17, 15) is 13.2 Å². The van der Waals surface area contributed by atoms with Gasteiger partial charge in [-0.05, 0) is 12.1 Å². The second kappa shape index (κ2) is 3.15. The standard InChI is InChI=1S/C8H7F3O/c9-8(10,11)7-3-1-6(5-12)2-4-7/h1-4,12H,5H2/p+1. The van der Waals surface area contributed by atoms with E-state index in [2.05, 4.69) is 0 Å². The predicted molar refractivity (Wildman–Crippen MR) is 38.8 cm³/mol. The molecule has 1 aromatic rings. The average Bonchev–Trinajstić information content (AvgIpc) is 2.03. The molecule has 0 fully saturated rings. The Balaban J connectivity index is 2.93. The van der Waals surface area contributed by atoms with Crippen molar-refractivity contribution >= 4 is 0 Å². The van der Waals surface area contributed by atoms with Gasteiger partial charge in [-0.2, -0.15) is 13.2 Å². The molecule has 1 nitrogen and oxygen atoms in total. The quantitative estimate of drug-likeness (QED) is 0.585. The lowest BCUT2D eigenvalue weighted by atomic mass is 10.1. The van der Waals surface area contributed by atoms with Gasteiger partial charge < -0.3 is 5.11 Å². The van der Waals surface area contributed by atoms with E-state index in [1.807, 2.05) is 0 Å². The molecule has 0 spiro atoms. The van der Waals surface area contributed by atoms with Gasteiger partial charge in [-0.25, -0.2) is 0 Å². The van der Waals surface area contributed by atoms with E-state index in [1.165, 1.54) is 12.1 Å². The summed E-state index contributed by atoms with van der Waals surface area (Å²) in [6.07, 6.45) is -4.28. The van der Waals surface area contributed by atoms with Gasteiger partial charge in [-0.3, -0.25) is 0 Å². The van der Waals surface area contributed by atoms with Gasteiger partial charge in [0.15, 0.2) is 6.61 Å². The molecule has 0 saturated heterocycles. The third kappa shape index (κ3) is 1.98. The molecular weight excluding hydrogens is 169 g/mol. The molecule has 1 aromatic carbocycles. The van der Waals surface area contributed by atoms with Gasteiger partial charge in [0.25, 0.3) is 0 Å².